The third kappa shape index (κ3) is 5.21. The Bertz CT molecular complexity index is 280. The minimum Gasteiger partial charge on any atom is -0.465 e. The number of ether oxygens (including phenoxy) is 1. The maximum absolute atomic E-state index is 12.1. The molecule has 0 spiro atoms. The summed E-state index contributed by atoms with van der Waals surface area (Å²) in [5.74, 6) is -1.06. The Morgan fingerprint density at radius 1 is 1.35 bits per heavy atom. The van der Waals surface area contributed by atoms with E-state index in [9.17, 15) is 18.4 Å². The SMILES string of the molecule is CCOC(=O)C(C)(C)C(=O)CN(C)CC(F)F. The normalized spacial score (nSPS) is 12.0. The highest BCUT2D eigenvalue weighted by Crippen LogP contribution is 2.19. The molecule has 100 valence electrons. The van der Waals surface area contributed by atoms with E-state index in [4.69, 9.17) is 4.74 Å². The molecule has 0 aliphatic carbocycles. The molecular weight excluding hydrogens is 232 g/mol. The number of carbonyl (C=O) groups excluding carboxylic acids is 2. The number of esters is 1. The second-order valence-corrected chi connectivity index (χ2v) is 4.36. The van der Waals surface area contributed by atoms with Crippen molar-refractivity contribution < 1.29 is 23.1 Å². The first-order valence-electron chi connectivity index (χ1n) is 5.39. The smallest absolute Gasteiger partial charge is 0.319 e. The molecule has 0 aromatic rings. The van der Waals surface area contributed by atoms with E-state index in [2.05, 4.69) is 0 Å². The van der Waals surface area contributed by atoms with Gasteiger partial charge in [-0.15, -0.1) is 0 Å². The Morgan fingerprint density at radius 2 is 1.88 bits per heavy atom. The number of Topliss-reactive ketones (excluding diaryl/α,β-unsaturated/α-hetero) is 1. The topological polar surface area (TPSA) is 46.6 Å². The van der Waals surface area contributed by atoms with Crippen LogP contribution in [-0.2, 0) is 14.3 Å². The second-order valence-electron chi connectivity index (χ2n) is 4.36. The fourth-order valence-corrected chi connectivity index (χ4v) is 1.17. The van der Waals surface area contributed by atoms with Gasteiger partial charge in [0.25, 0.3) is 6.43 Å². The summed E-state index contributed by atoms with van der Waals surface area (Å²) in [4.78, 5) is 24.5. The van der Waals surface area contributed by atoms with Crippen LogP contribution in [0.1, 0.15) is 20.8 Å². The fraction of sp³-hybridized carbons (Fsp3) is 0.818. The van der Waals surface area contributed by atoms with Crippen LogP contribution in [0, 0.1) is 5.41 Å². The van der Waals surface area contributed by atoms with Crippen molar-refractivity contribution in [2.75, 3.05) is 26.7 Å². The summed E-state index contributed by atoms with van der Waals surface area (Å²) in [6, 6.07) is 0. The number of nitrogens with zero attached hydrogens (tertiary/aromatic N) is 1. The zero-order valence-corrected chi connectivity index (χ0v) is 10.6. The van der Waals surface area contributed by atoms with Gasteiger partial charge in [-0.3, -0.25) is 14.5 Å². The van der Waals surface area contributed by atoms with Crippen LogP contribution in [0.2, 0.25) is 0 Å². The van der Waals surface area contributed by atoms with Crippen molar-refractivity contribution in [2.45, 2.75) is 27.2 Å². The van der Waals surface area contributed by atoms with Crippen LogP contribution in [0.3, 0.4) is 0 Å². The molecule has 0 atom stereocenters. The summed E-state index contributed by atoms with van der Waals surface area (Å²) < 4.78 is 28.9. The molecule has 0 N–H and O–H groups in total. The predicted octanol–water partition coefficient (Wildman–Crippen LogP) is 1.34. The van der Waals surface area contributed by atoms with E-state index >= 15 is 0 Å². The molecule has 0 bridgehead atoms. The fourth-order valence-electron chi connectivity index (χ4n) is 1.17. The summed E-state index contributed by atoms with van der Waals surface area (Å²) in [6.45, 7) is 4.00. The van der Waals surface area contributed by atoms with Gasteiger partial charge in [-0.2, -0.15) is 0 Å². The van der Waals surface area contributed by atoms with Crippen LogP contribution >= 0.6 is 0 Å². The lowest BCUT2D eigenvalue weighted by Gasteiger charge is -2.24. The first-order valence-corrected chi connectivity index (χ1v) is 5.39. The van der Waals surface area contributed by atoms with Crippen LogP contribution in [-0.4, -0.2) is 49.8 Å². The summed E-state index contributed by atoms with van der Waals surface area (Å²) in [5.41, 5.74) is -1.30. The van der Waals surface area contributed by atoms with Gasteiger partial charge in [-0.05, 0) is 27.8 Å². The van der Waals surface area contributed by atoms with Crippen molar-refractivity contribution in [3.05, 3.63) is 0 Å². The van der Waals surface area contributed by atoms with Gasteiger partial charge in [0.05, 0.1) is 19.7 Å². The largest absolute Gasteiger partial charge is 0.465 e. The zero-order valence-electron chi connectivity index (χ0n) is 10.6. The highest BCUT2D eigenvalue weighted by molar-refractivity contribution is 6.03. The highest BCUT2D eigenvalue weighted by atomic mass is 19.3. The van der Waals surface area contributed by atoms with E-state index in [0.717, 1.165) is 0 Å². The van der Waals surface area contributed by atoms with Gasteiger partial charge in [0.1, 0.15) is 5.41 Å². The average Bonchev–Trinajstić information content (AvgIpc) is 2.16. The Kier molecular flexibility index (Phi) is 6.23. The van der Waals surface area contributed by atoms with E-state index in [1.807, 2.05) is 0 Å². The number of likely N-dealkylation sites (N-methyl/N-ethyl adjacent to an activating group) is 1. The summed E-state index contributed by atoms with van der Waals surface area (Å²) in [5, 5.41) is 0. The average molecular weight is 251 g/mol. The monoisotopic (exact) mass is 251 g/mol. The lowest BCUT2D eigenvalue weighted by molar-refractivity contribution is -0.158. The lowest BCUT2D eigenvalue weighted by atomic mass is 9.88. The Balaban J connectivity index is 4.43. The van der Waals surface area contributed by atoms with E-state index in [1.165, 1.54) is 25.8 Å². The molecular formula is C11H19F2NO3. The van der Waals surface area contributed by atoms with Crippen molar-refractivity contribution >= 4 is 11.8 Å². The molecule has 0 radical (unpaired) electrons. The van der Waals surface area contributed by atoms with Crippen LogP contribution in [0.5, 0.6) is 0 Å². The van der Waals surface area contributed by atoms with Gasteiger partial charge in [-0.1, -0.05) is 0 Å². The van der Waals surface area contributed by atoms with Crippen molar-refractivity contribution in [2.24, 2.45) is 5.41 Å². The molecule has 4 nitrogen and oxygen atoms in total. The molecule has 0 saturated carbocycles. The summed E-state index contributed by atoms with van der Waals surface area (Å²) >= 11 is 0. The summed E-state index contributed by atoms with van der Waals surface area (Å²) in [6.07, 6.45) is -2.50. The number of halogens is 2. The second kappa shape index (κ2) is 6.64. The molecule has 0 aliphatic rings. The van der Waals surface area contributed by atoms with Gasteiger partial charge in [0, 0.05) is 0 Å². The van der Waals surface area contributed by atoms with Gasteiger partial charge >= 0.3 is 5.97 Å². The molecule has 0 unspecified atom stereocenters. The van der Waals surface area contributed by atoms with Gasteiger partial charge < -0.3 is 4.74 Å². The molecule has 0 aliphatic heterocycles. The molecule has 0 rings (SSSR count). The number of rotatable bonds is 7. The molecule has 6 heteroatoms. The molecule has 17 heavy (non-hydrogen) atoms. The van der Waals surface area contributed by atoms with Gasteiger partial charge in [0.15, 0.2) is 5.78 Å². The molecule has 0 aromatic heterocycles. The third-order valence-electron chi connectivity index (χ3n) is 2.35. The minimum absolute atomic E-state index is 0.183. The van der Waals surface area contributed by atoms with Crippen molar-refractivity contribution in [3.63, 3.8) is 0 Å². The Hall–Kier alpha value is -1.04. The van der Waals surface area contributed by atoms with Crippen molar-refractivity contribution in [3.8, 4) is 0 Å². The van der Waals surface area contributed by atoms with Crippen LogP contribution in [0.25, 0.3) is 0 Å². The number of hydrogen-bond donors (Lipinski definition) is 0. The van der Waals surface area contributed by atoms with Crippen LogP contribution < -0.4 is 0 Å². The van der Waals surface area contributed by atoms with E-state index in [1.54, 1.807) is 6.92 Å². The Morgan fingerprint density at radius 3 is 2.29 bits per heavy atom. The third-order valence-corrected chi connectivity index (χ3v) is 2.35. The zero-order chi connectivity index (χ0) is 13.6. The number of carbonyl (C=O) groups is 2. The molecule has 0 saturated heterocycles. The van der Waals surface area contributed by atoms with Crippen LogP contribution in [0.15, 0.2) is 0 Å². The van der Waals surface area contributed by atoms with Gasteiger partial charge in [-0.25, -0.2) is 8.78 Å². The van der Waals surface area contributed by atoms with Crippen LogP contribution in [0.4, 0.5) is 8.78 Å². The maximum atomic E-state index is 12.1. The van der Waals surface area contributed by atoms with Crippen molar-refractivity contribution in [1.29, 1.82) is 0 Å². The summed E-state index contributed by atoms with van der Waals surface area (Å²) in [7, 11) is 1.41. The van der Waals surface area contributed by atoms with E-state index in [-0.39, 0.29) is 13.2 Å². The predicted molar refractivity (Wildman–Crippen MR) is 58.9 cm³/mol. The first-order chi connectivity index (χ1) is 7.71. The number of ketones is 1. The quantitative estimate of drug-likeness (QED) is 0.506. The maximum Gasteiger partial charge on any atom is 0.319 e. The molecule has 0 heterocycles. The van der Waals surface area contributed by atoms with E-state index < -0.39 is 30.1 Å². The Labute approximate surface area is 99.9 Å². The molecule has 0 fully saturated rings. The molecule has 0 aromatic carbocycles. The van der Waals surface area contributed by atoms with Crippen molar-refractivity contribution in [1.82, 2.24) is 4.90 Å². The standard InChI is InChI=1S/C11H19F2NO3/c1-5-17-10(16)11(2,3)8(15)6-14(4)7-9(12)13/h9H,5-7H2,1-4H3. The van der Waals surface area contributed by atoms with Gasteiger partial charge in [0.2, 0.25) is 0 Å². The number of hydrogen-bond acceptors (Lipinski definition) is 4. The number of alkyl halides is 2. The first kappa shape index (κ1) is 16.0. The minimum atomic E-state index is -2.50. The van der Waals surface area contributed by atoms with E-state index in [0.29, 0.717) is 0 Å². The lowest BCUT2D eigenvalue weighted by Crippen LogP contribution is -2.42. The highest BCUT2D eigenvalue weighted by Gasteiger charge is 2.37. The molecule has 0 amide bonds.